The number of carbonyl (C=O) groups is 2. The molecule has 0 unspecified atom stereocenters. The molecular formula is C10H6F4O4. The Morgan fingerprint density at radius 3 is 2.39 bits per heavy atom. The molecule has 0 aromatic heterocycles. The quantitative estimate of drug-likeness (QED) is 0.394. The molecule has 0 fully saturated rings. The highest BCUT2D eigenvalue weighted by Gasteiger charge is 2.35. The van der Waals surface area contributed by atoms with Gasteiger partial charge in [-0.1, -0.05) is 0 Å². The van der Waals surface area contributed by atoms with Gasteiger partial charge in [0, 0.05) is 6.07 Å². The second-order valence-electron chi connectivity index (χ2n) is 3.18. The molecule has 0 bridgehead atoms. The lowest BCUT2D eigenvalue weighted by atomic mass is 10.2. The first-order valence-corrected chi connectivity index (χ1v) is 4.49. The second-order valence-corrected chi connectivity index (χ2v) is 3.18. The van der Waals surface area contributed by atoms with Gasteiger partial charge in [-0.05, 0) is 12.1 Å². The third kappa shape index (κ3) is 3.72. The Morgan fingerprint density at radius 2 is 1.89 bits per heavy atom. The lowest BCUT2D eigenvalue weighted by Gasteiger charge is -2.12. The monoisotopic (exact) mass is 266 g/mol. The Balaban J connectivity index is 3.03. The fourth-order valence-electron chi connectivity index (χ4n) is 1.10. The van der Waals surface area contributed by atoms with Gasteiger partial charge in [-0.3, -0.25) is 9.59 Å². The minimum absolute atomic E-state index is 0.364. The SMILES string of the molecule is O=C(O)CC(=O)Oc1cc(F)ccc1C(F)(F)F. The molecule has 0 aliphatic rings. The molecule has 0 aliphatic heterocycles. The summed E-state index contributed by atoms with van der Waals surface area (Å²) in [5.41, 5.74) is -1.36. The molecule has 0 saturated heterocycles. The third-order valence-corrected chi connectivity index (χ3v) is 1.77. The molecule has 4 nitrogen and oxygen atoms in total. The summed E-state index contributed by atoms with van der Waals surface area (Å²) in [6, 6.07) is 1.32. The van der Waals surface area contributed by atoms with Crippen LogP contribution in [-0.2, 0) is 15.8 Å². The molecule has 18 heavy (non-hydrogen) atoms. The van der Waals surface area contributed by atoms with Crippen molar-refractivity contribution >= 4 is 11.9 Å². The van der Waals surface area contributed by atoms with Crippen LogP contribution in [0, 0.1) is 5.82 Å². The number of benzene rings is 1. The van der Waals surface area contributed by atoms with Crippen molar-refractivity contribution < 1.29 is 37.0 Å². The van der Waals surface area contributed by atoms with Gasteiger partial charge in [-0.25, -0.2) is 4.39 Å². The van der Waals surface area contributed by atoms with E-state index in [4.69, 9.17) is 5.11 Å². The molecule has 1 aromatic rings. The zero-order valence-electron chi connectivity index (χ0n) is 8.62. The molecule has 0 amide bonds. The maximum atomic E-state index is 12.8. The van der Waals surface area contributed by atoms with E-state index in [1.54, 1.807) is 0 Å². The predicted molar refractivity (Wildman–Crippen MR) is 49.3 cm³/mol. The van der Waals surface area contributed by atoms with Crippen molar-refractivity contribution in [2.75, 3.05) is 0 Å². The minimum Gasteiger partial charge on any atom is -0.481 e. The molecule has 0 atom stereocenters. The Labute approximate surface area is 97.8 Å². The fourth-order valence-corrected chi connectivity index (χ4v) is 1.10. The Bertz CT molecular complexity index is 481. The number of alkyl halides is 3. The number of hydrogen-bond donors (Lipinski definition) is 1. The number of carbonyl (C=O) groups excluding carboxylic acids is 1. The van der Waals surface area contributed by atoms with Gasteiger partial charge in [0.05, 0.1) is 5.56 Å². The van der Waals surface area contributed by atoms with Crippen LogP contribution in [0.25, 0.3) is 0 Å². The van der Waals surface area contributed by atoms with E-state index in [1.807, 2.05) is 0 Å². The zero-order valence-corrected chi connectivity index (χ0v) is 8.62. The fraction of sp³-hybridized carbons (Fsp3) is 0.200. The number of carboxylic acids is 1. The Kier molecular flexibility index (Phi) is 3.89. The van der Waals surface area contributed by atoms with Crippen LogP contribution in [-0.4, -0.2) is 17.0 Å². The highest BCUT2D eigenvalue weighted by atomic mass is 19.4. The summed E-state index contributed by atoms with van der Waals surface area (Å²) in [7, 11) is 0. The second kappa shape index (κ2) is 5.03. The molecule has 1 N–H and O–H groups in total. The first-order chi connectivity index (χ1) is 8.20. The van der Waals surface area contributed by atoms with Crippen LogP contribution in [0.4, 0.5) is 17.6 Å². The lowest BCUT2D eigenvalue weighted by molar-refractivity contribution is -0.147. The lowest BCUT2D eigenvalue weighted by Crippen LogP contribution is -2.16. The van der Waals surface area contributed by atoms with E-state index in [-0.39, 0.29) is 0 Å². The molecular weight excluding hydrogens is 260 g/mol. The zero-order chi connectivity index (χ0) is 13.9. The van der Waals surface area contributed by atoms with E-state index in [0.717, 1.165) is 0 Å². The van der Waals surface area contributed by atoms with Crippen molar-refractivity contribution in [3.8, 4) is 5.75 Å². The van der Waals surface area contributed by atoms with Crippen molar-refractivity contribution in [1.29, 1.82) is 0 Å². The number of ether oxygens (including phenoxy) is 1. The molecule has 0 radical (unpaired) electrons. The van der Waals surface area contributed by atoms with Crippen LogP contribution in [0.1, 0.15) is 12.0 Å². The van der Waals surface area contributed by atoms with Crippen molar-refractivity contribution in [1.82, 2.24) is 0 Å². The molecule has 1 aromatic carbocycles. The Morgan fingerprint density at radius 1 is 1.28 bits per heavy atom. The van der Waals surface area contributed by atoms with Gasteiger partial charge in [0.15, 0.2) is 0 Å². The van der Waals surface area contributed by atoms with Crippen LogP contribution in [0.3, 0.4) is 0 Å². The number of esters is 1. The largest absolute Gasteiger partial charge is 0.481 e. The molecule has 0 spiro atoms. The van der Waals surface area contributed by atoms with E-state index in [2.05, 4.69) is 4.74 Å². The van der Waals surface area contributed by atoms with Gasteiger partial charge in [0.2, 0.25) is 0 Å². The standard InChI is InChI=1S/C10H6F4O4/c11-5-1-2-6(10(12,13)14)7(3-5)18-9(17)4-8(15)16/h1-3H,4H2,(H,15,16). The smallest absolute Gasteiger partial charge is 0.419 e. The first kappa shape index (κ1) is 13.9. The van der Waals surface area contributed by atoms with E-state index in [0.29, 0.717) is 18.2 Å². The summed E-state index contributed by atoms with van der Waals surface area (Å²) < 4.78 is 54.3. The van der Waals surface area contributed by atoms with Crippen molar-refractivity contribution in [3.05, 3.63) is 29.6 Å². The van der Waals surface area contributed by atoms with Crippen LogP contribution in [0.5, 0.6) is 5.75 Å². The van der Waals surface area contributed by atoms with Crippen molar-refractivity contribution in [2.45, 2.75) is 12.6 Å². The summed E-state index contributed by atoms with van der Waals surface area (Å²) in [5.74, 6) is -5.08. The van der Waals surface area contributed by atoms with E-state index in [1.165, 1.54) is 0 Å². The van der Waals surface area contributed by atoms with Gasteiger partial charge < -0.3 is 9.84 Å². The van der Waals surface area contributed by atoms with E-state index < -0.39 is 41.7 Å². The predicted octanol–water partition coefficient (Wildman–Crippen LogP) is 2.22. The van der Waals surface area contributed by atoms with Crippen LogP contribution in [0.15, 0.2) is 18.2 Å². The van der Waals surface area contributed by atoms with E-state index >= 15 is 0 Å². The number of hydrogen-bond acceptors (Lipinski definition) is 3. The van der Waals surface area contributed by atoms with Gasteiger partial charge in [0.1, 0.15) is 18.0 Å². The van der Waals surface area contributed by atoms with Crippen molar-refractivity contribution in [3.63, 3.8) is 0 Å². The average Bonchev–Trinajstić information content (AvgIpc) is 2.13. The van der Waals surface area contributed by atoms with Gasteiger partial charge in [-0.2, -0.15) is 13.2 Å². The number of aliphatic carboxylic acids is 1. The highest BCUT2D eigenvalue weighted by molar-refractivity contribution is 5.91. The molecule has 0 heterocycles. The molecule has 8 heteroatoms. The number of carboxylic acid groups (broad SMARTS) is 1. The van der Waals surface area contributed by atoms with Crippen molar-refractivity contribution in [2.24, 2.45) is 0 Å². The summed E-state index contributed by atoms with van der Waals surface area (Å²) in [4.78, 5) is 21.1. The molecule has 0 saturated carbocycles. The molecule has 98 valence electrons. The molecule has 1 rings (SSSR count). The highest BCUT2D eigenvalue weighted by Crippen LogP contribution is 2.36. The maximum absolute atomic E-state index is 12.8. The normalized spacial score (nSPS) is 11.1. The van der Waals surface area contributed by atoms with Gasteiger partial charge in [0.25, 0.3) is 0 Å². The Hall–Kier alpha value is -2.12. The summed E-state index contributed by atoms with van der Waals surface area (Å²) >= 11 is 0. The van der Waals surface area contributed by atoms with Gasteiger partial charge >= 0.3 is 18.1 Å². The first-order valence-electron chi connectivity index (χ1n) is 4.49. The summed E-state index contributed by atoms with van der Waals surface area (Å²) in [6.45, 7) is 0. The maximum Gasteiger partial charge on any atom is 0.419 e. The third-order valence-electron chi connectivity index (χ3n) is 1.77. The number of rotatable bonds is 3. The van der Waals surface area contributed by atoms with Crippen LogP contribution in [0.2, 0.25) is 0 Å². The minimum atomic E-state index is -4.84. The topological polar surface area (TPSA) is 63.6 Å². The van der Waals surface area contributed by atoms with Crippen LogP contribution >= 0.6 is 0 Å². The summed E-state index contributed by atoms with van der Waals surface area (Å²) in [5, 5.41) is 8.25. The number of halogens is 4. The van der Waals surface area contributed by atoms with Gasteiger partial charge in [-0.15, -0.1) is 0 Å². The summed E-state index contributed by atoms with van der Waals surface area (Å²) in [6.07, 6.45) is -5.96. The van der Waals surface area contributed by atoms with Crippen LogP contribution < -0.4 is 4.74 Å². The van der Waals surface area contributed by atoms with E-state index in [9.17, 15) is 27.2 Å². The average molecular weight is 266 g/mol. The molecule has 0 aliphatic carbocycles.